The monoisotopic (exact) mass is 99.1 g/mol. The molecule has 2 aliphatic heterocycles. The molecular formula is C5H11N2+. The Morgan fingerprint density at radius 1 is 1.57 bits per heavy atom. The van der Waals surface area contributed by atoms with E-state index in [0.29, 0.717) is 0 Å². The molecule has 0 aromatic carbocycles. The summed E-state index contributed by atoms with van der Waals surface area (Å²) in [5, 5.41) is 3.31. The van der Waals surface area contributed by atoms with Gasteiger partial charge in [-0.05, 0) is 0 Å². The van der Waals surface area contributed by atoms with Crippen molar-refractivity contribution in [1.82, 2.24) is 5.32 Å². The molecule has 2 heteroatoms. The van der Waals surface area contributed by atoms with Crippen molar-refractivity contribution in [3.05, 3.63) is 0 Å². The summed E-state index contributed by atoms with van der Waals surface area (Å²) in [6.07, 6.45) is 0.847. The van der Waals surface area contributed by atoms with Crippen LogP contribution in [-0.2, 0) is 0 Å². The van der Waals surface area contributed by atoms with Gasteiger partial charge in [-0.2, -0.15) is 0 Å². The van der Waals surface area contributed by atoms with Crippen molar-refractivity contribution in [2.24, 2.45) is 0 Å². The second kappa shape index (κ2) is 0.858. The van der Waals surface area contributed by atoms with Crippen molar-refractivity contribution >= 4 is 0 Å². The molecule has 0 radical (unpaired) electrons. The third kappa shape index (κ3) is 0.469. The maximum absolute atomic E-state index is 3.31. The molecule has 7 heavy (non-hydrogen) atoms. The standard InChI is InChI=1S/C5H11N2/c1-7(2-3-7)5-4-6-5/h5-6H,2-4H2,1H3/q+1. The van der Waals surface area contributed by atoms with Crippen LogP contribution in [0.1, 0.15) is 0 Å². The van der Waals surface area contributed by atoms with Crippen LogP contribution in [0.25, 0.3) is 0 Å². The third-order valence-electron chi connectivity index (χ3n) is 2.07. The molecule has 2 rings (SSSR count). The van der Waals surface area contributed by atoms with Crippen molar-refractivity contribution in [2.75, 3.05) is 26.7 Å². The molecule has 0 spiro atoms. The van der Waals surface area contributed by atoms with Crippen LogP contribution < -0.4 is 5.32 Å². The summed E-state index contributed by atoms with van der Waals surface area (Å²) in [6, 6.07) is 0. The van der Waals surface area contributed by atoms with E-state index >= 15 is 0 Å². The lowest BCUT2D eigenvalue weighted by molar-refractivity contribution is -0.790. The second-order valence-electron chi connectivity index (χ2n) is 2.85. The lowest BCUT2D eigenvalue weighted by Crippen LogP contribution is -2.25. The third-order valence-corrected chi connectivity index (χ3v) is 2.07. The van der Waals surface area contributed by atoms with E-state index in [-0.39, 0.29) is 0 Å². The van der Waals surface area contributed by atoms with Gasteiger partial charge >= 0.3 is 0 Å². The van der Waals surface area contributed by atoms with Crippen molar-refractivity contribution in [1.29, 1.82) is 0 Å². The molecule has 2 heterocycles. The van der Waals surface area contributed by atoms with Crippen LogP contribution in [-0.4, -0.2) is 37.3 Å². The average Bonchev–Trinajstić information content (AvgIpc) is 2.14. The first kappa shape index (κ1) is 3.87. The van der Waals surface area contributed by atoms with E-state index < -0.39 is 0 Å². The first-order valence-electron chi connectivity index (χ1n) is 2.89. The van der Waals surface area contributed by atoms with Crippen LogP contribution in [0.5, 0.6) is 0 Å². The predicted molar refractivity (Wildman–Crippen MR) is 27.7 cm³/mol. The van der Waals surface area contributed by atoms with E-state index in [1.165, 1.54) is 24.1 Å². The Hall–Kier alpha value is -0.0800. The largest absolute Gasteiger partial charge is 0.301 e. The Labute approximate surface area is 43.7 Å². The molecular weight excluding hydrogens is 88.1 g/mol. The number of likely N-dealkylation sites (N-methyl/N-ethyl adjacent to an activating group) is 1. The highest BCUT2D eigenvalue weighted by Crippen LogP contribution is 2.25. The molecule has 1 unspecified atom stereocenters. The average molecular weight is 99.2 g/mol. The number of quaternary nitrogens is 1. The number of hydrogen-bond acceptors (Lipinski definition) is 1. The lowest BCUT2D eigenvalue weighted by atomic mass is 10.7. The van der Waals surface area contributed by atoms with Gasteiger partial charge < -0.3 is 4.48 Å². The zero-order valence-electron chi connectivity index (χ0n) is 4.65. The van der Waals surface area contributed by atoms with E-state index in [9.17, 15) is 0 Å². The van der Waals surface area contributed by atoms with E-state index in [1.807, 2.05) is 0 Å². The van der Waals surface area contributed by atoms with E-state index in [2.05, 4.69) is 12.4 Å². The van der Waals surface area contributed by atoms with Gasteiger partial charge in [0.05, 0.1) is 13.6 Å². The summed E-state index contributed by atoms with van der Waals surface area (Å²) in [5.41, 5.74) is 0. The minimum atomic E-state index is 0.847. The summed E-state index contributed by atoms with van der Waals surface area (Å²) in [6.45, 7) is 4.06. The fourth-order valence-electron chi connectivity index (χ4n) is 0.963. The molecule has 2 nitrogen and oxygen atoms in total. The minimum Gasteiger partial charge on any atom is -0.301 e. The molecule has 2 aliphatic rings. The zero-order chi connectivity index (χ0) is 4.91. The molecule has 1 atom stereocenters. The van der Waals surface area contributed by atoms with Gasteiger partial charge in [-0.1, -0.05) is 0 Å². The Morgan fingerprint density at radius 3 is 2.29 bits per heavy atom. The Balaban J connectivity index is 2.04. The summed E-state index contributed by atoms with van der Waals surface area (Å²) >= 11 is 0. The maximum atomic E-state index is 3.31. The number of nitrogens with one attached hydrogen (secondary N) is 1. The highest BCUT2D eigenvalue weighted by atomic mass is 15.6. The Kier molecular flexibility index (Phi) is 0.474. The summed E-state index contributed by atoms with van der Waals surface area (Å²) < 4.78 is 1.31. The molecule has 0 aliphatic carbocycles. The number of nitrogens with zero attached hydrogens (tertiary/aromatic N) is 1. The molecule has 2 saturated heterocycles. The quantitative estimate of drug-likeness (QED) is 0.343. The lowest BCUT2D eigenvalue weighted by Gasteiger charge is -2.05. The molecule has 0 saturated carbocycles. The van der Waals surface area contributed by atoms with Crippen LogP contribution in [0.2, 0.25) is 0 Å². The highest BCUT2D eigenvalue weighted by Gasteiger charge is 2.50. The summed E-state index contributed by atoms with van der Waals surface area (Å²) in [7, 11) is 2.31. The molecule has 0 aromatic heterocycles. The second-order valence-corrected chi connectivity index (χ2v) is 2.85. The first-order valence-corrected chi connectivity index (χ1v) is 2.89. The fourth-order valence-corrected chi connectivity index (χ4v) is 0.963. The van der Waals surface area contributed by atoms with Gasteiger partial charge in [0.15, 0.2) is 6.17 Å². The molecule has 0 amide bonds. The van der Waals surface area contributed by atoms with Gasteiger partial charge in [0, 0.05) is 0 Å². The zero-order valence-corrected chi connectivity index (χ0v) is 4.65. The molecule has 2 fully saturated rings. The maximum Gasteiger partial charge on any atom is 0.156 e. The molecule has 1 N–H and O–H groups in total. The van der Waals surface area contributed by atoms with Crippen LogP contribution in [0, 0.1) is 0 Å². The van der Waals surface area contributed by atoms with Crippen LogP contribution >= 0.6 is 0 Å². The highest BCUT2D eigenvalue weighted by molar-refractivity contribution is 4.78. The SMILES string of the molecule is C[N+]1(C2CN2)CC1. The van der Waals surface area contributed by atoms with Gasteiger partial charge in [0.25, 0.3) is 0 Å². The normalized spacial score (nSPS) is 43.3. The van der Waals surface area contributed by atoms with Gasteiger partial charge in [-0.3, -0.25) is 5.32 Å². The van der Waals surface area contributed by atoms with Crippen molar-refractivity contribution in [3.63, 3.8) is 0 Å². The minimum absolute atomic E-state index is 0.847. The first-order chi connectivity index (χ1) is 3.31. The van der Waals surface area contributed by atoms with Gasteiger partial charge in [-0.15, -0.1) is 0 Å². The smallest absolute Gasteiger partial charge is 0.156 e. The van der Waals surface area contributed by atoms with Gasteiger partial charge in [0.2, 0.25) is 0 Å². The molecule has 0 aromatic rings. The van der Waals surface area contributed by atoms with Gasteiger partial charge in [0.1, 0.15) is 13.1 Å². The number of rotatable bonds is 1. The topological polar surface area (TPSA) is 21.9 Å². The predicted octanol–water partition coefficient (Wildman–Crippen LogP) is -0.624. The van der Waals surface area contributed by atoms with Crippen LogP contribution in [0.4, 0.5) is 0 Å². The van der Waals surface area contributed by atoms with Crippen molar-refractivity contribution in [3.8, 4) is 0 Å². The fraction of sp³-hybridized carbons (Fsp3) is 1.00. The number of hydrogen-bond donors (Lipinski definition) is 1. The summed E-state index contributed by atoms with van der Waals surface area (Å²) in [4.78, 5) is 0. The Bertz CT molecular complexity index is 92.3. The van der Waals surface area contributed by atoms with E-state index in [1.54, 1.807) is 0 Å². The Morgan fingerprint density at radius 2 is 2.14 bits per heavy atom. The molecule has 0 bridgehead atoms. The van der Waals surface area contributed by atoms with Crippen molar-refractivity contribution < 1.29 is 4.48 Å². The van der Waals surface area contributed by atoms with Crippen LogP contribution in [0.15, 0.2) is 0 Å². The van der Waals surface area contributed by atoms with E-state index in [4.69, 9.17) is 0 Å². The van der Waals surface area contributed by atoms with Crippen LogP contribution in [0.3, 0.4) is 0 Å². The van der Waals surface area contributed by atoms with Crippen molar-refractivity contribution in [2.45, 2.75) is 6.17 Å². The summed E-state index contributed by atoms with van der Waals surface area (Å²) in [5.74, 6) is 0. The van der Waals surface area contributed by atoms with Gasteiger partial charge in [-0.25, -0.2) is 0 Å². The van der Waals surface area contributed by atoms with E-state index in [0.717, 1.165) is 6.17 Å². The molecule has 40 valence electrons.